The van der Waals surface area contributed by atoms with Gasteiger partial charge in [0.25, 0.3) is 0 Å². The number of rotatable bonds is 6. The molecule has 0 fully saturated rings. The molecule has 0 aliphatic rings. The van der Waals surface area contributed by atoms with Gasteiger partial charge in [0.2, 0.25) is 5.82 Å². The van der Waals surface area contributed by atoms with Crippen molar-refractivity contribution < 1.29 is 9.90 Å². The molecule has 2 aromatic heterocycles. The molecule has 0 amide bonds. The molecule has 0 aliphatic carbocycles. The fourth-order valence-electron chi connectivity index (χ4n) is 1.84. The van der Waals surface area contributed by atoms with E-state index in [4.69, 9.17) is 5.11 Å². The van der Waals surface area contributed by atoms with Crippen LogP contribution in [0.3, 0.4) is 0 Å². The van der Waals surface area contributed by atoms with Gasteiger partial charge in [-0.1, -0.05) is 19.4 Å². The largest absolute Gasteiger partial charge is 0.481 e. The molecule has 0 radical (unpaired) electrons. The van der Waals surface area contributed by atoms with Crippen LogP contribution in [-0.2, 0) is 11.3 Å². The Kier molecular flexibility index (Phi) is 4.17. The molecule has 7 nitrogen and oxygen atoms in total. The number of tetrazole rings is 1. The maximum atomic E-state index is 10.8. The van der Waals surface area contributed by atoms with Gasteiger partial charge in [0.05, 0.1) is 0 Å². The summed E-state index contributed by atoms with van der Waals surface area (Å²) in [5.74, 6) is -0.243. The summed E-state index contributed by atoms with van der Waals surface area (Å²) < 4.78 is 1.61. The highest BCUT2D eigenvalue weighted by molar-refractivity contribution is 5.67. The quantitative estimate of drug-likeness (QED) is 0.840. The van der Waals surface area contributed by atoms with Crippen LogP contribution in [0.4, 0.5) is 0 Å². The molecule has 0 aromatic carbocycles. The third-order valence-electron chi connectivity index (χ3n) is 2.90. The van der Waals surface area contributed by atoms with Crippen LogP contribution in [0.2, 0.25) is 0 Å². The third kappa shape index (κ3) is 3.34. The normalized spacial score (nSPS) is 12.3. The molecule has 0 bridgehead atoms. The Morgan fingerprint density at radius 3 is 2.95 bits per heavy atom. The van der Waals surface area contributed by atoms with Crippen molar-refractivity contribution in [3.8, 4) is 11.5 Å². The van der Waals surface area contributed by atoms with Crippen LogP contribution in [0, 0.1) is 5.92 Å². The van der Waals surface area contributed by atoms with Gasteiger partial charge in [-0.15, -0.1) is 5.10 Å². The van der Waals surface area contributed by atoms with Crippen LogP contribution < -0.4 is 0 Å². The summed E-state index contributed by atoms with van der Waals surface area (Å²) in [5.41, 5.74) is 0.678. The van der Waals surface area contributed by atoms with E-state index in [1.165, 1.54) is 0 Å². The number of pyridine rings is 1. The average molecular weight is 261 g/mol. The number of aromatic nitrogens is 5. The van der Waals surface area contributed by atoms with Gasteiger partial charge in [-0.2, -0.15) is 0 Å². The second-order valence-electron chi connectivity index (χ2n) is 4.27. The van der Waals surface area contributed by atoms with Crippen molar-refractivity contribution in [2.75, 3.05) is 0 Å². The number of aliphatic carboxylic acids is 1. The Balaban J connectivity index is 2.18. The van der Waals surface area contributed by atoms with E-state index in [1.807, 2.05) is 25.1 Å². The van der Waals surface area contributed by atoms with Gasteiger partial charge >= 0.3 is 5.97 Å². The Hall–Kier alpha value is -2.31. The molecule has 0 saturated heterocycles. The van der Waals surface area contributed by atoms with Crippen LogP contribution in [0.1, 0.15) is 19.8 Å². The first kappa shape index (κ1) is 13.1. The molecule has 7 heteroatoms. The van der Waals surface area contributed by atoms with Gasteiger partial charge in [0, 0.05) is 19.2 Å². The van der Waals surface area contributed by atoms with E-state index >= 15 is 0 Å². The summed E-state index contributed by atoms with van der Waals surface area (Å²) in [5, 5.41) is 20.4. The van der Waals surface area contributed by atoms with Crippen LogP contribution in [0.5, 0.6) is 0 Å². The van der Waals surface area contributed by atoms with E-state index in [2.05, 4.69) is 20.5 Å². The van der Waals surface area contributed by atoms with Gasteiger partial charge < -0.3 is 5.11 Å². The zero-order valence-corrected chi connectivity index (χ0v) is 10.6. The molecule has 0 aliphatic heterocycles. The topological polar surface area (TPSA) is 93.8 Å². The second-order valence-corrected chi connectivity index (χ2v) is 4.27. The smallest absolute Gasteiger partial charge is 0.303 e. The molecule has 1 atom stereocenters. The minimum Gasteiger partial charge on any atom is -0.481 e. The number of carboxylic acid groups (broad SMARTS) is 1. The first-order chi connectivity index (χ1) is 9.20. The number of nitrogens with zero attached hydrogens (tertiary/aromatic N) is 5. The van der Waals surface area contributed by atoms with Gasteiger partial charge in [0.15, 0.2) is 0 Å². The van der Waals surface area contributed by atoms with Crippen molar-refractivity contribution >= 4 is 5.97 Å². The first-order valence-electron chi connectivity index (χ1n) is 6.10. The summed E-state index contributed by atoms with van der Waals surface area (Å²) >= 11 is 0. The van der Waals surface area contributed by atoms with E-state index in [-0.39, 0.29) is 12.3 Å². The van der Waals surface area contributed by atoms with Crippen molar-refractivity contribution in [2.24, 2.45) is 5.92 Å². The minimum atomic E-state index is -0.806. The molecule has 19 heavy (non-hydrogen) atoms. The van der Waals surface area contributed by atoms with E-state index < -0.39 is 5.97 Å². The van der Waals surface area contributed by atoms with Gasteiger partial charge in [-0.05, 0) is 28.5 Å². The molecule has 100 valence electrons. The zero-order chi connectivity index (χ0) is 13.7. The van der Waals surface area contributed by atoms with E-state index in [0.717, 1.165) is 6.42 Å². The van der Waals surface area contributed by atoms with Crippen molar-refractivity contribution in [1.29, 1.82) is 0 Å². The highest BCUT2D eigenvalue weighted by Crippen LogP contribution is 2.16. The van der Waals surface area contributed by atoms with E-state index in [1.54, 1.807) is 10.9 Å². The zero-order valence-electron chi connectivity index (χ0n) is 10.6. The molecule has 0 saturated carbocycles. The SMILES string of the molecule is CCC(CC(=O)O)Cn1nnnc1-c1ccccn1. The lowest BCUT2D eigenvalue weighted by Gasteiger charge is -2.12. The Labute approximate surface area is 110 Å². The molecule has 1 N–H and O–H groups in total. The van der Waals surface area contributed by atoms with Gasteiger partial charge in [-0.3, -0.25) is 9.78 Å². The van der Waals surface area contributed by atoms with Gasteiger partial charge in [-0.25, -0.2) is 4.68 Å². The van der Waals surface area contributed by atoms with Crippen molar-refractivity contribution in [1.82, 2.24) is 25.2 Å². The Morgan fingerprint density at radius 2 is 2.32 bits per heavy atom. The van der Waals surface area contributed by atoms with Crippen molar-refractivity contribution in [2.45, 2.75) is 26.3 Å². The third-order valence-corrected chi connectivity index (χ3v) is 2.90. The molecular formula is C12H15N5O2. The molecule has 2 aromatic rings. The van der Waals surface area contributed by atoms with Crippen LogP contribution in [0.25, 0.3) is 11.5 Å². The summed E-state index contributed by atoms with van der Waals surface area (Å²) in [6.07, 6.45) is 2.54. The van der Waals surface area contributed by atoms with E-state index in [0.29, 0.717) is 18.1 Å². The molecule has 2 heterocycles. The molecule has 1 unspecified atom stereocenters. The lowest BCUT2D eigenvalue weighted by molar-refractivity contribution is -0.138. The van der Waals surface area contributed by atoms with Crippen LogP contribution in [0.15, 0.2) is 24.4 Å². The Bertz CT molecular complexity index is 540. The van der Waals surface area contributed by atoms with Crippen molar-refractivity contribution in [3.05, 3.63) is 24.4 Å². The van der Waals surface area contributed by atoms with Crippen LogP contribution >= 0.6 is 0 Å². The molecule has 2 rings (SSSR count). The Morgan fingerprint density at radius 1 is 1.47 bits per heavy atom. The molecule has 0 spiro atoms. The summed E-state index contributed by atoms with van der Waals surface area (Å²) in [6, 6.07) is 5.49. The maximum Gasteiger partial charge on any atom is 0.303 e. The molecular weight excluding hydrogens is 246 g/mol. The number of hydrogen-bond acceptors (Lipinski definition) is 5. The maximum absolute atomic E-state index is 10.8. The first-order valence-corrected chi connectivity index (χ1v) is 6.10. The minimum absolute atomic E-state index is 0.00321. The van der Waals surface area contributed by atoms with E-state index in [9.17, 15) is 4.79 Å². The van der Waals surface area contributed by atoms with Crippen molar-refractivity contribution in [3.63, 3.8) is 0 Å². The fourth-order valence-corrected chi connectivity index (χ4v) is 1.84. The standard InChI is InChI=1S/C12H15N5O2/c1-2-9(7-11(18)19)8-17-12(14-15-16-17)10-5-3-4-6-13-10/h3-6,9H,2,7-8H2,1H3,(H,18,19). The monoisotopic (exact) mass is 261 g/mol. The highest BCUT2D eigenvalue weighted by atomic mass is 16.4. The van der Waals surface area contributed by atoms with Gasteiger partial charge in [0.1, 0.15) is 5.69 Å². The number of hydrogen-bond donors (Lipinski definition) is 1. The number of carbonyl (C=O) groups is 1. The summed E-state index contributed by atoms with van der Waals surface area (Å²) in [6.45, 7) is 2.43. The van der Waals surface area contributed by atoms with Crippen LogP contribution in [-0.4, -0.2) is 36.3 Å². The average Bonchev–Trinajstić information content (AvgIpc) is 2.86. The highest BCUT2D eigenvalue weighted by Gasteiger charge is 2.16. The summed E-state index contributed by atoms with van der Waals surface area (Å²) in [7, 11) is 0. The second kappa shape index (κ2) is 6.03. The lowest BCUT2D eigenvalue weighted by Crippen LogP contribution is -2.16. The predicted octanol–water partition coefficient (Wildman–Crippen LogP) is 1.24. The fraction of sp³-hybridized carbons (Fsp3) is 0.417. The lowest BCUT2D eigenvalue weighted by atomic mass is 10.0. The predicted molar refractivity (Wildman–Crippen MR) is 67.1 cm³/mol. The summed E-state index contributed by atoms with van der Waals surface area (Å²) in [4.78, 5) is 15.0. The number of carboxylic acids is 1.